The number of fused-ring (bicyclic) bond motifs is 1. The number of hydrogen-bond donors (Lipinski definition) is 1. The first-order chi connectivity index (χ1) is 12.6. The summed E-state index contributed by atoms with van der Waals surface area (Å²) in [7, 11) is 0. The molecule has 3 rings (SSSR count). The molecule has 1 aliphatic rings. The van der Waals surface area contributed by atoms with E-state index in [1.54, 1.807) is 0 Å². The number of anilines is 1. The van der Waals surface area contributed by atoms with Gasteiger partial charge in [-0.2, -0.15) is 4.98 Å². The van der Waals surface area contributed by atoms with Gasteiger partial charge in [0.1, 0.15) is 16.9 Å². The van der Waals surface area contributed by atoms with Crippen LogP contribution < -0.4 is 10.2 Å². The number of halogens is 3. The second kappa shape index (κ2) is 7.59. The van der Waals surface area contributed by atoms with Crippen LogP contribution >= 0.6 is 23.2 Å². The molecule has 1 fully saturated rings. The third-order valence-corrected chi connectivity index (χ3v) is 4.47. The number of amides is 1. The van der Waals surface area contributed by atoms with Crippen LogP contribution in [-0.4, -0.2) is 45.8 Å². The van der Waals surface area contributed by atoms with Gasteiger partial charge in [0.2, 0.25) is 5.28 Å². The summed E-state index contributed by atoms with van der Waals surface area (Å²) < 4.78 is 19.6. The number of nitrogens with zero attached hydrogens (tertiary/aromatic N) is 4. The Labute approximate surface area is 166 Å². The molecule has 0 aliphatic carbocycles. The number of pyridine rings is 1. The number of nitrogens with one attached hydrogen (secondary N) is 1. The first-order valence-electron chi connectivity index (χ1n) is 8.56. The van der Waals surface area contributed by atoms with E-state index in [9.17, 15) is 9.18 Å². The Kier molecular flexibility index (Phi) is 5.58. The largest absolute Gasteiger partial charge is 0.444 e. The summed E-state index contributed by atoms with van der Waals surface area (Å²) in [6.45, 7) is 6.58. The average Bonchev–Trinajstić information content (AvgIpc) is 2.56. The number of aromatic nitrogens is 3. The SMILES string of the molecule is CC(C)(C)OC(=O)NC1CCCN(c2nc(Cl)nc3c(F)c(Cl)ncc23)C1. The van der Waals surface area contributed by atoms with Crippen LogP contribution in [0.5, 0.6) is 0 Å². The molecule has 2 aromatic heterocycles. The molecule has 27 heavy (non-hydrogen) atoms. The lowest BCUT2D eigenvalue weighted by Gasteiger charge is -2.34. The van der Waals surface area contributed by atoms with Gasteiger partial charge in [-0.1, -0.05) is 11.6 Å². The Hall–Kier alpha value is -1.93. The van der Waals surface area contributed by atoms with Crippen molar-refractivity contribution >= 4 is 46.0 Å². The molecule has 146 valence electrons. The zero-order valence-corrected chi connectivity index (χ0v) is 16.7. The minimum atomic E-state index is -0.736. The van der Waals surface area contributed by atoms with E-state index in [1.165, 1.54) is 6.20 Å². The van der Waals surface area contributed by atoms with Crippen molar-refractivity contribution in [3.8, 4) is 0 Å². The van der Waals surface area contributed by atoms with Crippen LogP contribution in [-0.2, 0) is 4.74 Å². The van der Waals surface area contributed by atoms with E-state index in [1.807, 2.05) is 25.7 Å². The van der Waals surface area contributed by atoms with Gasteiger partial charge in [0.25, 0.3) is 0 Å². The highest BCUT2D eigenvalue weighted by Crippen LogP contribution is 2.30. The third kappa shape index (κ3) is 4.68. The molecular weight excluding hydrogens is 396 g/mol. The second-order valence-electron chi connectivity index (χ2n) is 7.37. The van der Waals surface area contributed by atoms with E-state index in [4.69, 9.17) is 27.9 Å². The maximum absolute atomic E-state index is 14.3. The summed E-state index contributed by atoms with van der Waals surface area (Å²) in [5.41, 5.74) is -0.552. The summed E-state index contributed by atoms with van der Waals surface area (Å²) in [5, 5.41) is 2.93. The van der Waals surface area contributed by atoms with Gasteiger partial charge in [-0.25, -0.2) is 19.2 Å². The Morgan fingerprint density at radius 3 is 2.81 bits per heavy atom. The average molecular weight is 416 g/mol. The van der Waals surface area contributed by atoms with Gasteiger partial charge in [-0.15, -0.1) is 0 Å². The van der Waals surface area contributed by atoms with Crippen molar-refractivity contribution in [2.24, 2.45) is 0 Å². The lowest BCUT2D eigenvalue weighted by atomic mass is 10.1. The highest BCUT2D eigenvalue weighted by Gasteiger charge is 2.27. The molecule has 1 amide bonds. The number of ether oxygens (including phenoxy) is 1. The van der Waals surface area contributed by atoms with E-state index >= 15 is 0 Å². The number of piperidine rings is 1. The monoisotopic (exact) mass is 415 g/mol. The minimum absolute atomic E-state index is 0.0206. The van der Waals surface area contributed by atoms with Crippen LogP contribution in [0.2, 0.25) is 10.4 Å². The third-order valence-electron chi connectivity index (χ3n) is 4.04. The van der Waals surface area contributed by atoms with Crippen molar-refractivity contribution in [3.05, 3.63) is 22.5 Å². The van der Waals surface area contributed by atoms with Crippen LogP contribution in [0.15, 0.2) is 6.20 Å². The van der Waals surface area contributed by atoms with E-state index in [0.29, 0.717) is 24.3 Å². The number of hydrogen-bond acceptors (Lipinski definition) is 6. The predicted molar refractivity (Wildman–Crippen MR) is 102 cm³/mol. The fourth-order valence-electron chi connectivity index (χ4n) is 3.00. The van der Waals surface area contributed by atoms with Gasteiger partial charge >= 0.3 is 6.09 Å². The van der Waals surface area contributed by atoms with Gasteiger partial charge in [0.15, 0.2) is 11.0 Å². The summed E-state index contributed by atoms with van der Waals surface area (Å²) in [6, 6.07) is -0.137. The summed E-state index contributed by atoms with van der Waals surface area (Å²) >= 11 is 11.7. The molecule has 1 saturated heterocycles. The summed E-state index contributed by atoms with van der Waals surface area (Å²) in [6.07, 6.45) is 2.56. The molecule has 1 N–H and O–H groups in total. The number of alkyl carbamates (subject to hydrolysis) is 1. The van der Waals surface area contributed by atoms with Gasteiger partial charge in [0.05, 0.1) is 5.39 Å². The Morgan fingerprint density at radius 2 is 2.11 bits per heavy atom. The molecule has 0 saturated carbocycles. The molecular formula is C17H20Cl2FN5O2. The van der Waals surface area contributed by atoms with E-state index < -0.39 is 17.5 Å². The molecule has 1 unspecified atom stereocenters. The highest BCUT2D eigenvalue weighted by atomic mass is 35.5. The van der Waals surface area contributed by atoms with Crippen molar-refractivity contribution in [1.82, 2.24) is 20.3 Å². The molecule has 10 heteroatoms. The van der Waals surface area contributed by atoms with Crippen LogP contribution in [0.1, 0.15) is 33.6 Å². The normalized spacial score (nSPS) is 17.9. The fraction of sp³-hybridized carbons (Fsp3) is 0.529. The molecule has 0 spiro atoms. The van der Waals surface area contributed by atoms with Gasteiger partial charge < -0.3 is 15.0 Å². The van der Waals surface area contributed by atoms with Crippen LogP contribution in [0, 0.1) is 5.82 Å². The topological polar surface area (TPSA) is 80.2 Å². The lowest BCUT2D eigenvalue weighted by molar-refractivity contribution is 0.0500. The maximum Gasteiger partial charge on any atom is 0.407 e. The Morgan fingerprint density at radius 1 is 1.37 bits per heavy atom. The Bertz CT molecular complexity index is 875. The molecule has 7 nitrogen and oxygen atoms in total. The van der Waals surface area contributed by atoms with E-state index in [0.717, 1.165) is 12.8 Å². The zero-order valence-electron chi connectivity index (χ0n) is 15.2. The minimum Gasteiger partial charge on any atom is -0.444 e. The molecule has 0 aromatic carbocycles. The molecule has 0 bridgehead atoms. The highest BCUT2D eigenvalue weighted by molar-refractivity contribution is 6.30. The van der Waals surface area contributed by atoms with E-state index in [-0.39, 0.29) is 22.0 Å². The molecule has 0 radical (unpaired) electrons. The van der Waals surface area contributed by atoms with Crippen LogP contribution in [0.25, 0.3) is 10.9 Å². The smallest absolute Gasteiger partial charge is 0.407 e. The first kappa shape index (κ1) is 19.8. The number of carbonyl (C=O) groups excluding carboxylic acids is 1. The standard InChI is InChI=1S/C17H20Cl2FN5O2/c1-17(2,3)27-16(26)22-9-5-4-6-25(8-9)14-10-7-21-13(18)11(20)12(10)23-15(19)24-14/h7,9H,4-6,8H2,1-3H3,(H,22,26). The predicted octanol–water partition coefficient (Wildman–Crippen LogP) is 3.96. The quantitative estimate of drug-likeness (QED) is 0.590. The zero-order chi connectivity index (χ0) is 19.8. The van der Waals surface area contributed by atoms with Gasteiger partial charge in [-0.05, 0) is 45.2 Å². The van der Waals surface area contributed by atoms with Crippen molar-refractivity contribution in [2.45, 2.75) is 45.3 Å². The van der Waals surface area contributed by atoms with Crippen LogP contribution in [0.4, 0.5) is 15.0 Å². The molecule has 1 atom stereocenters. The fourth-order valence-corrected chi connectivity index (χ4v) is 3.30. The summed E-state index contributed by atoms with van der Waals surface area (Å²) in [5.74, 6) is -0.274. The van der Waals surface area contributed by atoms with Gasteiger partial charge in [-0.3, -0.25) is 0 Å². The maximum atomic E-state index is 14.3. The number of carbonyl (C=O) groups is 1. The number of rotatable bonds is 2. The van der Waals surface area contributed by atoms with Crippen molar-refractivity contribution in [1.29, 1.82) is 0 Å². The van der Waals surface area contributed by atoms with Crippen molar-refractivity contribution in [2.75, 3.05) is 18.0 Å². The first-order valence-corrected chi connectivity index (χ1v) is 9.31. The van der Waals surface area contributed by atoms with E-state index in [2.05, 4.69) is 20.3 Å². The molecule has 1 aliphatic heterocycles. The molecule has 2 aromatic rings. The summed E-state index contributed by atoms with van der Waals surface area (Å²) in [4.78, 5) is 26.0. The Balaban J connectivity index is 1.84. The van der Waals surface area contributed by atoms with Crippen molar-refractivity contribution in [3.63, 3.8) is 0 Å². The van der Waals surface area contributed by atoms with Crippen LogP contribution in [0.3, 0.4) is 0 Å². The molecule has 3 heterocycles. The second-order valence-corrected chi connectivity index (χ2v) is 8.07. The lowest BCUT2D eigenvalue weighted by Crippen LogP contribution is -2.49. The van der Waals surface area contributed by atoms with Crippen molar-refractivity contribution < 1.29 is 13.9 Å². The van der Waals surface area contributed by atoms with Gasteiger partial charge in [0, 0.05) is 25.3 Å².